The topological polar surface area (TPSA) is 194 Å². The lowest BCUT2D eigenvalue weighted by Gasteiger charge is -2.26. The number of esters is 3. The quantitative estimate of drug-likeness (QED) is 0.0109. The Hall–Kier alpha value is -6.82. The number of benzene rings is 4. The molecule has 4 aromatic rings. The average molecular weight is 926 g/mol. The normalized spacial score (nSPS) is 10.8. The van der Waals surface area contributed by atoms with Crippen molar-refractivity contribution in [3.8, 4) is 45.9 Å². The second-order valence-electron chi connectivity index (χ2n) is 17.3. The highest BCUT2D eigenvalue weighted by Crippen LogP contribution is 2.26. The van der Waals surface area contributed by atoms with Crippen LogP contribution in [0.1, 0.15) is 134 Å². The monoisotopic (exact) mass is 925 g/mol. The van der Waals surface area contributed by atoms with Gasteiger partial charge in [-0.3, -0.25) is 14.4 Å². The van der Waals surface area contributed by atoms with Crippen LogP contribution in [0.25, 0.3) is 32.7 Å². The molecule has 0 heterocycles. The minimum Gasteiger partial charge on any atom is -0.494 e. The number of hydrogen-bond donors (Lipinski definition) is 0. The van der Waals surface area contributed by atoms with Gasteiger partial charge in [0.2, 0.25) is 0 Å². The summed E-state index contributed by atoms with van der Waals surface area (Å²) in [5, 5.41) is 21.4. The van der Waals surface area contributed by atoms with Crippen molar-refractivity contribution in [3.63, 3.8) is 0 Å². The minimum absolute atomic E-state index is 0.0437. The standard InChI is InChI=1S/C55H67N5O8/c1-55(54(63)66-39-36-59-60-58,42-67-52(61)18-14-10-6-2-4-8-12-16-37-64-50-32-28-48(29-33-50)46-24-20-44(40-56)21-25-46)43-68-53(62)19-15-11-7-3-5-9-13-17-38-65-51-34-30-49(31-35-51)47-26-22-45(41-57)23-27-47/h20-35H,2-19,36-39,42-43H2,1H3. The number of rotatable bonds is 34. The third-order valence-corrected chi connectivity index (χ3v) is 11.6. The Morgan fingerprint density at radius 3 is 1.19 bits per heavy atom. The van der Waals surface area contributed by atoms with Crippen LogP contribution >= 0.6 is 0 Å². The molecule has 0 unspecified atom stereocenters. The van der Waals surface area contributed by atoms with Crippen LogP contribution in [0.3, 0.4) is 0 Å². The van der Waals surface area contributed by atoms with Crippen molar-refractivity contribution in [2.45, 2.75) is 122 Å². The van der Waals surface area contributed by atoms with Crippen LogP contribution in [0.4, 0.5) is 0 Å². The van der Waals surface area contributed by atoms with Crippen molar-refractivity contribution in [1.29, 1.82) is 10.5 Å². The molecule has 0 atom stereocenters. The Morgan fingerprint density at radius 2 is 0.838 bits per heavy atom. The second-order valence-corrected chi connectivity index (χ2v) is 17.3. The fourth-order valence-corrected chi connectivity index (χ4v) is 7.39. The predicted molar refractivity (Wildman–Crippen MR) is 262 cm³/mol. The highest BCUT2D eigenvalue weighted by Gasteiger charge is 2.38. The lowest BCUT2D eigenvalue weighted by molar-refractivity contribution is -0.170. The van der Waals surface area contributed by atoms with Gasteiger partial charge in [0.1, 0.15) is 30.1 Å². The van der Waals surface area contributed by atoms with Gasteiger partial charge in [0, 0.05) is 17.8 Å². The summed E-state index contributed by atoms with van der Waals surface area (Å²) in [5.74, 6) is 0.129. The summed E-state index contributed by atoms with van der Waals surface area (Å²) >= 11 is 0. The summed E-state index contributed by atoms with van der Waals surface area (Å²) in [4.78, 5) is 41.0. The fourth-order valence-electron chi connectivity index (χ4n) is 7.39. The summed E-state index contributed by atoms with van der Waals surface area (Å²) in [6.45, 7) is 2.08. The van der Waals surface area contributed by atoms with Gasteiger partial charge in [-0.05, 0) is 109 Å². The molecule has 0 saturated carbocycles. The molecule has 4 rings (SSSR count). The Balaban J connectivity index is 0.991. The van der Waals surface area contributed by atoms with E-state index in [0.29, 0.717) is 37.2 Å². The third-order valence-electron chi connectivity index (χ3n) is 11.6. The largest absolute Gasteiger partial charge is 0.494 e. The van der Waals surface area contributed by atoms with E-state index < -0.39 is 23.3 Å². The van der Waals surface area contributed by atoms with Crippen molar-refractivity contribution in [1.82, 2.24) is 0 Å². The van der Waals surface area contributed by atoms with Gasteiger partial charge in [-0.15, -0.1) is 0 Å². The number of carbonyl (C=O) groups excluding carboxylic acids is 3. The number of nitriles is 2. The Labute approximate surface area is 402 Å². The first kappa shape index (κ1) is 53.8. The molecule has 0 N–H and O–H groups in total. The lowest BCUT2D eigenvalue weighted by Crippen LogP contribution is -2.40. The molecule has 0 aliphatic carbocycles. The van der Waals surface area contributed by atoms with Crippen LogP contribution in [0.2, 0.25) is 0 Å². The van der Waals surface area contributed by atoms with Crippen LogP contribution in [-0.4, -0.2) is 57.5 Å². The zero-order valence-corrected chi connectivity index (χ0v) is 39.7. The van der Waals surface area contributed by atoms with Crippen molar-refractivity contribution in [2.24, 2.45) is 10.5 Å². The molecule has 360 valence electrons. The van der Waals surface area contributed by atoms with Crippen LogP contribution in [0.5, 0.6) is 11.5 Å². The van der Waals surface area contributed by atoms with E-state index in [2.05, 4.69) is 22.2 Å². The van der Waals surface area contributed by atoms with Crippen LogP contribution in [-0.2, 0) is 28.6 Å². The zero-order valence-electron chi connectivity index (χ0n) is 39.7. The van der Waals surface area contributed by atoms with Crippen LogP contribution in [0.15, 0.2) is 102 Å². The Morgan fingerprint density at radius 1 is 0.500 bits per heavy atom. The van der Waals surface area contributed by atoms with Gasteiger partial charge in [0.15, 0.2) is 0 Å². The Bertz CT molecular complexity index is 2090. The van der Waals surface area contributed by atoms with E-state index in [1.54, 1.807) is 0 Å². The molecule has 0 spiro atoms. The van der Waals surface area contributed by atoms with Crippen molar-refractivity contribution in [3.05, 3.63) is 119 Å². The predicted octanol–water partition coefficient (Wildman–Crippen LogP) is 13.2. The summed E-state index contributed by atoms with van der Waals surface area (Å²) in [6, 6.07) is 35.3. The second kappa shape index (κ2) is 32.0. The molecule has 0 saturated heterocycles. The SMILES string of the molecule is CC(COC(=O)CCCCCCCCCCOc1ccc(-c2ccc(C#N)cc2)cc1)(COC(=O)CCCCCCCCCCOc1ccc(-c2ccc(C#N)cc2)cc1)C(=O)OCCN=[N+]=[N-]. The number of carbonyl (C=O) groups is 3. The van der Waals surface area contributed by atoms with Crippen LogP contribution in [0, 0.1) is 28.1 Å². The first-order valence-electron chi connectivity index (χ1n) is 24.2. The average Bonchev–Trinajstić information content (AvgIpc) is 3.37. The summed E-state index contributed by atoms with van der Waals surface area (Å²) < 4.78 is 28.1. The number of ether oxygens (including phenoxy) is 5. The van der Waals surface area contributed by atoms with Crippen molar-refractivity contribution in [2.75, 3.05) is 39.6 Å². The molecular formula is C55H67N5O8. The maximum absolute atomic E-state index is 13.0. The van der Waals surface area contributed by atoms with Gasteiger partial charge >= 0.3 is 17.9 Å². The summed E-state index contributed by atoms with van der Waals surface area (Å²) in [5.41, 5.74) is 12.7. The molecule has 4 aromatic carbocycles. The maximum atomic E-state index is 13.0. The van der Waals surface area contributed by atoms with E-state index in [9.17, 15) is 14.4 Å². The molecule has 68 heavy (non-hydrogen) atoms. The minimum atomic E-state index is -1.41. The molecule has 0 aliphatic heterocycles. The third kappa shape index (κ3) is 21.2. The van der Waals surface area contributed by atoms with Gasteiger partial charge in [-0.25, -0.2) is 0 Å². The van der Waals surface area contributed by atoms with E-state index in [4.69, 9.17) is 39.7 Å². The molecule has 0 bridgehead atoms. The van der Waals surface area contributed by atoms with Crippen molar-refractivity contribution >= 4 is 17.9 Å². The van der Waals surface area contributed by atoms with Crippen LogP contribution < -0.4 is 9.47 Å². The molecule has 13 nitrogen and oxygen atoms in total. The van der Waals surface area contributed by atoms with E-state index >= 15 is 0 Å². The molecule has 0 aromatic heterocycles. The van der Waals surface area contributed by atoms with E-state index in [0.717, 1.165) is 124 Å². The van der Waals surface area contributed by atoms with E-state index in [-0.39, 0.29) is 39.2 Å². The lowest BCUT2D eigenvalue weighted by atomic mass is 9.93. The summed E-state index contributed by atoms with van der Waals surface area (Å²) in [7, 11) is 0. The zero-order chi connectivity index (χ0) is 48.5. The van der Waals surface area contributed by atoms with Gasteiger partial charge in [-0.1, -0.05) is 131 Å². The maximum Gasteiger partial charge on any atom is 0.318 e. The highest BCUT2D eigenvalue weighted by atomic mass is 16.6. The van der Waals surface area contributed by atoms with E-state index in [1.807, 2.05) is 97.1 Å². The number of nitrogens with zero attached hydrogens (tertiary/aromatic N) is 5. The first-order chi connectivity index (χ1) is 33.2. The molecule has 0 radical (unpaired) electrons. The molecule has 13 heteroatoms. The molecule has 0 amide bonds. The smallest absolute Gasteiger partial charge is 0.318 e. The number of unbranched alkanes of at least 4 members (excludes halogenated alkanes) is 14. The van der Waals surface area contributed by atoms with E-state index in [1.165, 1.54) is 6.92 Å². The van der Waals surface area contributed by atoms with Gasteiger partial charge < -0.3 is 23.7 Å². The summed E-state index contributed by atoms with van der Waals surface area (Å²) in [6.07, 6.45) is 16.3. The van der Waals surface area contributed by atoms with Crippen molar-refractivity contribution < 1.29 is 38.1 Å². The number of azide groups is 1. The van der Waals surface area contributed by atoms with Gasteiger partial charge in [-0.2, -0.15) is 10.5 Å². The fraction of sp³-hybridized carbons (Fsp3) is 0.473. The number of hydrogen-bond acceptors (Lipinski definition) is 11. The highest BCUT2D eigenvalue weighted by molar-refractivity contribution is 5.78. The first-order valence-corrected chi connectivity index (χ1v) is 24.2. The molecule has 0 fully saturated rings. The molecular weight excluding hydrogens is 859 g/mol. The Kier molecular flexibility index (Phi) is 25.3. The van der Waals surface area contributed by atoms with Gasteiger partial charge in [0.25, 0.3) is 0 Å². The molecule has 0 aliphatic rings. The van der Waals surface area contributed by atoms with Gasteiger partial charge in [0.05, 0.1) is 49.6 Å².